The number of hydrogen-bond donors (Lipinski definition) is 2. The standard InChI is InChI=1S/C13H21NO3S/c1-13(2,15)8-9-14-10-11-4-6-12(7-5-11)18(3,16)17/h4-7,14-15H,8-10H2,1-3H3. The fraction of sp³-hybridized carbons (Fsp3) is 0.538. The summed E-state index contributed by atoms with van der Waals surface area (Å²) in [5.41, 5.74) is 0.366. The van der Waals surface area contributed by atoms with E-state index in [1.165, 1.54) is 6.26 Å². The predicted molar refractivity (Wildman–Crippen MR) is 72.2 cm³/mol. The first-order valence-corrected chi connectivity index (χ1v) is 7.80. The lowest BCUT2D eigenvalue weighted by molar-refractivity contribution is 0.0711. The topological polar surface area (TPSA) is 66.4 Å². The zero-order valence-corrected chi connectivity index (χ0v) is 11.9. The van der Waals surface area contributed by atoms with Crippen molar-refractivity contribution in [3.8, 4) is 0 Å². The van der Waals surface area contributed by atoms with Crippen LogP contribution in [0.25, 0.3) is 0 Å². The number of benzene rings is 1. The van der Waals surface area contributed by atoms with Crippen LogP contribution in [0.4, 0.5) is 0 Å². The molecule has 0 saturated heterocycles. The van der Waals surface area contributed by atoms with Crippen molar-refractivity contribution < 1.29 is 13.5 Å². The number of hydrogen-bond acceptors (Lipinski definition) is 4. The molecular weight excluding hydrogens is 250 g/mol. The second kappa shape index (κ2) is 5.82. The van der Waals surface area contributed by atoms with Crippen LogP contribution in [0.5, 0.6) is 0 Å². The van der Waals surface area contributed by atoms with Crippen molar-refractivity contribution in [1.29, 1.82) is 0 Å². The Hall–Kier alpha value is -0.910. The Morgan fingerprint density at radius 3 is 2.22 bits per heavy atom. The monoisotopic (exact) mass is 271 g/mol. The molecule has 5 heteroatoms. The van der Waals surface area contributed by atoms with Gasteiger partial charge in [0.2, 0.25) is 0 Å². The Balaban J connectivity index is 2.45. The van der Waals surface area contributed by atoms with Gasteiger partial charge in [-0.2, -0.15) is 0 Å². The predicted octanol–water partition coefficient (Wildman–Crippen LogP) is 1.34. The molecule has 0 aromatic heterocycles. The van der Waals surface area contributed by atoms with E-state index in [0.29, 0.717) is 17.9 Å². The smallest absolute Gasteiger partial charge is 0.175 e. The first-order valence-electron chi connectivity index (χ1n) is 5.90. The molecule has 0 amide bonds. The first kappa shape index (κ1) is 15.1. The van der Waals surface area contributed by atoms with Gasteiger partial charge in [-0.15, -0.1) is 0 Å². The van der Waals surface area contributed by atoms with Crippen LogP contribution in [-0.4, -0.2) is 31.9 Å². The average molecular weight is 271 g/mol. The molecule has 18 heavy (non-hydrogen) atoms. The Labute approximate surface area is 109 Å². The quantitative estimate of drug-likeness (QED) is 0.766. The lowest BCUT2D eigenvalue weighted by atomic mass is 10.1. The minimum atomic E-state index is -3.12. The summed E-state index contributed by atoms with van der Waals surface area (Å²) in [5, 5.41) is 12.7. The Morgan fingerprint density at radius 2 is 1.78 bits per heavy atom. The van der Waals surface area contributed by atoms with Gasteiger partial charge in [-0.3, -0.25) is 0 Å². The van der Waals surface area contributed by atoms with Crippen LogP contribution in [0, 0.1) is 0 Å². The van der Waals surface area contributed by atoms with Crippen molar-refractivity contribution in [2.45, 2.75) is 37.3 Å². The molecule has 0 aliphatic carbocycles. The summed E-state index contributed by atoms with van der Waals surface area (Å²) in [6.07, 6.45) is 1.87. The molecule has 0 atom stereocenters. The van der Waals surface area contributed by atoms with Gasteiger partial charge in [-0.05, 0) is 44.5 Å². The molecule has 0 spiro atoms. The number of nitrogens with one attached hydrogen (secondary N) is 1. The van der Waals surface area contributed by atoms with Gasteiger partial charge in [0.1, 0.15) is 0 Å². The van der Waals surface area contributed by atoms with Gasteiger partial charge in [0.15, 0.2) is 9.84 Å². The maximum atomic E-state index is 11.3. The number of sulfone groups is 1. The van der Waals surface area contributed by atoms with E-state index in [9.17, 15) is 13.5 Å². The summed E-state index contributed by atoms with van der Waals surface area (Å²) in [5.74, 6) is 0. The highest BCUT2D eigenvalue weighted by atomic mass is 32.2. The molecule has 2 N–H and O–H groups in total. The minimum Gasteiger partial charge on any atom is -0.390 e. The van der Waals surface area contributed by atoms with Gasteiger partial charge in [-0.1, -0.05) is 12.1 Å². The minimum absolute atomic E-state index is 0.336. The molecular formula is C13H21NO3S. The van der Waals surface area contributed by atoms with Crippen LogP contribution in [0.15, 0.2) is 29.2 Å². The molecule has 0 heterocycles. The van der Waals surface area contributed by atoms with Crippen molar-refractivity contribution in [2.75, 3.05) is 12.8 Å². The van der Waals surface area contributed by atoms with Gasteiger partial charge < -0.3 is 10.4 Å². The summed E-state index contributed by atoms with van der Waals surface area (Å²) in [7, 11) is -3.12. The van der Waals surface area contributed by atoms with Crippen molar-refractivity contribution in [2.24, 2.45) is 0 Å². The third-order valence-corrected chi connectivity index (χ3v) is 3.72. The normalized spacial score (nSPS) is 12.7. The van der Waals surface area contributed by atoms with Crippen LogP contribution >= 0.6 is 0 Å². The Bertz CT molecular complexity index is 472. The van der Waals surface area contributed by atoms with E-state index in [0.717, 1.165) is 12.1 Å². The van der Waals surface area contributed by atoms with E-state index in [4.69, 9.17) is 0 Å². The number of aliphatic hydroxyl groups is 1. The average Bonchev–Trinajstić information content (AvgIpc) is 2.22. The summed E-state index contributed by atoms with van der Waals surface area (Å²) in [6.45, 7) is 4.93. The molecule has 102 valence electrons. The first-order chi connectivity index (χ1) is 8.18. The fourth-order valence-corrected chi connectivity index (χ4v) is 2.11. The van der Waals surface area contributed by atoms with Crippen molar-refractivity contribution >= 4 is 9.84 Å². The second-order valence-electron chi connectivity index (χ2n) is 5.16. The van der Waals surface area contributed by atoms with Crippen molar-refractivity contribution in [3.63, 3.8) is 0 Å². The SMILES string of the molecule is CC(C)(O)CCNCc1ccc(S(C)(=O)=O)cc1. The second-order valence-corrected chi connectivity index (χ2v) is 7.17. The van der Waals surface area contributed by atoms with Crippen molar-refractivity contribution in [3.05, 3.63) is 29.8 Å². The molecule has 0 saturated carbocycles. The Kier molecular flexibility index (Phi) is 4.90. The highest BCUT2D eigenvalue weighted by Gasteiger charge is 2.11. The fourth-order valence-electron chi connectivity index (χ4n) is 1.48. The molecule has 0 aliphatic rings. The van der Waals surface area contributed by atoms with Crippen LogP contribution in [0.2, 0.25) is 0 Å². The molecule has 0 radical (unpaired) electrons. The zero-order chi connectivity index (χ0) is 13.8. The van der Waals surface area contributed by atoms with E-state index < -0.39 is 15.4 Å². The number of rotatable bonds is 6. The maximum absolute atomic E-state index is 11.3. The van der Waals surface area contributed by atoms with Gasteiger partial charge in [0, 0.05) is 12.8 Å². The third-order valence-electron chi connectivity index (χ3n) is 2.59. The zero-order valence-electron chi connectivity index (χ0n) is 11.1. The van der Waals surface area contributed by atoms with E-state index in [2.05, 4.69) is 5.32 Å². The van der Waals surface area contributed by atoms with Crippen LogP contribution in [-0.2, 0) is 16.4 Å². The van der Waals surface area contributed by atoms with Gasteiger partial charge >= 0.3 is 0 Å². The molecule has 4 nitrogen and oxygen atoms in total. The highest BCUT2D eigenvalue weighted by Crippen LogP contribution is 2.10. The molecule has 0 aliphatic heterocycles. The van der Waals surface area contributed by atoms with Crippen LogP contribution in [0.3, 0.4) is 0 Å². The van der Waals surface area contributed by atoms with E-state index in [1.54, 1.807) is 38.1 Å². The highest BCUT2D eigenvalue weighted by molar-refractivity contribution is 7.90. The molecule has 0 fully saturated rings. The third kappa shape index (κ3) is 5.62. The Morgan fingerprint density at radius 1 is 1.22 bits per heavy atom. The van der Waals surface area contributed by atoms with E-state index in [-0.39, 0.29) is 0 Å². The van der Waals surface area contributed by atoms with Gasteiger partial charge in [0.25, 0.3) is 0 Å². The van der Waals surface area contributed by atoms with E-state index in [1.807, 2.05) is 0 Å². The molecule has 1 aromatic rings. The van der Waals surface area contributed by atoms with E-state index >= 15 is 0 Å². The van der Waals surface area contributed by atoms with Crippen LogP contribution < -0.4 is 5.32 Å². The summed E-state index contributed by atoms with van der Waals surface area (Å²) >= 11 is 0. The summed E-state index contributed by atoms with van der Waals surface area (Å²) < 4.78 is 22.5. The largest absolute Gasteiger partial charge is 0.390 e. The molecule has 1 rings (SSSR count). The molecule has 0 unspecified atom stereocenters. The summed E-state index contributed by atoms with van der Waals surface area (Å²) in [4.78, 5) is 0.336. The molecule has 0 bridgehead atoms. The lowest BCUT2D eigenvalue weighted by Gasteiger charge is -2.17. The summed E-state index contributed by atoms with van der Waals surface area (Å²) in [6, 6.07) is 6.82. The van der Waals surface area contributed by atoms with Crippen LogP contribution in [0.1, 0.15) is 25.8 Å². The van der Waals surface area contributed by atoms with Gasteiger partial charge in [0.05, 0.1) is 10.5 Å². The van der Waals surface area contributed by atoms with Gasteiger partial charge in [-0.25, -0.2) is 8.42 Å². The maximum Gasteiger partial charge on any atom is 0.175 e. The lowest BCUT2D eigenvalue weighted by Crippen LogP contribution is -2.26. The van der Waals surface area contributed by atoms with Crippen molar-refractivity contribution in [1.82, 2.24) is 5.32 Å². The molecule has 1 aromatic carbocycles.